The largest absolute Gasteiger partial charge is 0.451 e. The first-order valence-electron chi connectivity index (χ1n) is 6.80. The average molecular weight is 288 g/mol. The molecule has 1 heterocycles. The minimum Gasteiger partial charge on any atom is -0.384 e. The molecule has 0 aromatic carbocycles. The van der Waals surface area contributed by atoms with Crippen LogP contribution in [0.5, 0.6) is 0 Å². The third kappa shape index (κ3) is 3.98. The molecule has 3 N–H and O–H groups in total. The summed E-state index contributed by atoms with van der Waals surface area (Å²) in [5.41, 5.74) is 5.39. The van der Waals surface area contributed by atoms with E-state index in [9.17, 15) is 13.2 Å². The van der Waals surface area contributed by atoms with Crippen LogP contribution in [0.3, 0.4) is 0 Å². The van der Waals surface area contributed by atoms with Gasteiger partial charge < -0.3 is 11.1 Å². The van der Waals surface area contributed by atoms with Gasteiger partial charge in [0.2, 0.25) is 5.82 Å². The van der Waals surface area contributed by atoms with E-state index in [2.05, 4.69) is 22.2 Å². The lowest BCUT2D eigenvalue weighted by molar-refractivity contribution is -0.144. The highest BCUT2D eigenvalue weighted by Gasteiger charge is 2.35. The maximum Gasteiger partial charge on any atom is 0.451 e. The highest BCUT2D eigenvalue weighted by molar-refractivity contribution is 5.44. The Morgan fingerprint density at radius 2 is 1.90 bits per heavy atom. The number of nitrogen functional groups attached to an aromatic ring is 1. The number of halogens is 3. The van der Waals surface area contributed by atoms with Gasteiger partial charge in [-0.1, -0.05) is 19.8 Å². The van der Waals surface area contributed by atoms with E-state index in [1.807, 2.05) is 0 Å². The van der Waals surface area contributed by atoms with E-state index in [1.54, 1.807) is 0 Å². The topological polar surface area (TPSA) is 63.8 Å². The van der Waals surface area contributed by atoms with Crippen molar-refractivity contribution >= 4 is 11.6 Å². The van der Waals surface area contributed by atoms with Crippen molar-refractivity contribution in [3.63, 3.8) is 0 Å². The fourth-order valence-electron chi connectivity index (χ4n) is 2.47. The molecule has 1 aliphatic rings. The smallest absolute Gasteiger partial charge is 0.384 e. The predicted octanol–water partition coefficient (Wildman–Crippen LogP) is 3.32. The average Bonchev–Trinajstić information content (AvgIpc) is 2.36. The van der Waals surface area contributed by atoms with Crippen LogP contribution in [0.25, 0.3) is 0 Å². The molecular weight excluding hydrogens is 269 g/mol. The third-order valence-corrected chi connectivity index (χ3v) is 3.71. The summed E-state index contributed by atoms with van der Waals surface area (Å²) >= 11 is 0. The van der Waals surface area contributed by atoms with Crippen LogP contribution in [0.2, 0.25) is 0 Å². The molecule has 1 aliphatic carbocycles. The first kappa shape index (κ1) is 14.9. The van der Waals surface area contributed by atoms with Crippen molar-refractivity contribution in [1.82, 2.24) is 9.97 Å². The van der Waals surface area contributed by atoms with Gasteiger partial charge in [-0.3, -0.25) is 0 Å². The summed E-state index contributed by atoms with van der Waals surface area (Å²) in [5.74, 6) is 0.00214. The number of rotatable bonds is 3. The van der Waals surface area contributed by atoms with E-state index in [1.165, 1.54) is 18.9 Å². The van der Waals surface area contributed by atoms with Crippen molar-refractivity contribution < 1.29 is 13.2 Å². The molecular formula is C13H19F3N4. The van der Waals surface area contributed by atoms with Crippen LogP contribution in [0.1, 0.15) is 38.4 Å². The Morgan fingerprint density at radius 3 is 2.50 bits per heavy atom. The first-order chi connectivity index (χ1) is 9.34. The van der Waals surface area contributed by atoms with Crippen LogP contribution < -0.4 is 11.1 Å². The molecule has 1 aromatic rings. The van der Waals surface area contributed by atoms with Crippen molar-refractivity contribution in [2.24, 2.45) is 11.8 Å². The van der Waals surface area contributed by atoms with Gasteiger partial charge in [-0.15, -0.1) is 0 Å². The molecule has 1 fully saturated rings. The second kappa shape index (κ2) is 5.85. The van der Waals surface area contributed by atoms with Gasteiger partial charge >= 0.3 is 6.18 Å². The molecule has 0 spiro atoms. The van der Waals surface area contributed by atoms with Crippen LogP contribution in [-0.4, -0.2) is 16.5 Å². The predicted molar refractivity (Wildman–Crippen MR) is 71.1 cm³/mol. The van der Waals surface area contributed by atoms with Gasteiger partial charge in [-0.05, 0) is 24.7 Å². The molecule has 0 aliphatic heterocycles. The number of hydrogen-bond acceptors (Lipinski definition) is 4. The molecule has 0 amide bonds. The molecule has 1 saturated carbocycles. The van der Waals surface area contributed by atoms with Crippen molar-refractivity contribution in [2.45, 2.75) is 38.8 Å². The number of alkyl halides is 3. The van der Waals surface area contributed by atoms with Gasteiger partial charge in [0, 0.05) is 12.6 Å². The van der Waals surface area contributed by atoms with Crippen molar-refractivity contribution in [1.29, 1.82) is 0 Å². The molecule has 20 heavy (non-hydrogen) atoms. The zero-order valence-corrected chi connectivity index (χ0v) is 11.4. The molecule has 2 rings (SSSR count). The Labute approximate surface area is 116 Å². The molecule has 112 valence electrons. The van der Waals surface area contributed by atoms with Crippen LogP contribution in [0, 0.1) is 11.8 Å². The van der Waals surface area contributed by atoms with E-state index < -0.39 is 12.0 Å². The molecule has 1 aromatic heterocycles. The quantitative estimate of drug-likeness (QED) is 0.895. The molecule has 4 nitrogen and oxygen atoms in total. The Bertz CT molecular complexity index is 453. The van der Waals surface area contributed by atoms with Crippen molar-refractivity contribution in [3.05, 3.63) is 11.9 Å². The Hall–Kier alpha value is -1.53. The van der Waals surface area contributed by atoms with Crippen LogP contribution >= 0.6 is 0 Å². The van der Waals surface area contributed by atoms with Crippen molar-refractivity contribution in [3.8, 4) is 0 Å². The van der Waals surface area contributed by atoms with Crippen LogP contribution in [-0.2, 0) is 6.18 Å². The third-order valence-electron chi connectivity index (χ3n) is 3.71. The number of anilines is 2. The number of nitrogens with zero attached hydrogens (tertiary/aromatic N) is 2. The maximum absolute atomic E-state index is 12.6. The van der Waals surface area contributed by atoms with Crippen molar-refractivity contribution in [2.75, 3.05) is 17.6 Å². The SMILES string of the molecule is CC1CCC(CNc2cc(N)nc(C(F)(F)F)n2)CC1. The van der Waals surface area contributed by atoms with E-state index in [0.717, 1.165) is 18.8 Å². The van der Waals surface area contributed by atoms with Gasteiger partial charge in [0.15, 0.2) is 0 Å². The van der Waals surface area contributed by atoms with Crippen LogP contribution in [0.15, 0.2) is 6.07 Å². The van der Waals surface area contributed by atoms with Gasteiger partial charge in [0.05, 0.1) is 0 Å². The zero-order valence-electron chi connectivity index (χ0n) is 11.4. The van der Waals surface area contributed by atoms with Gasteiger partial charge in [-0.25, -0.2) is 9.97 Å². The fourth-order valence-corrected chi connectivity index (χ4v) is 2.47. The highest BCUT2D eigenvalue weighted by Crippen LogP contribution is 2.30. The standard InChI is InChI=1S/C13H19F3N4/c1-8-2-4-9(5-3-8)7-18-11-6-10(17)19-12(20-11)13(14,15)16/h6,8-9H,2-5,7H2,1H3,(H3,17,18,19,20). The minimum atomic E-state index is -4.58. The van der Waals surface area contributed by atoms with Gasteiger partial charge in [0.1, 0.15) is 11.6 Å². The molecule has 0 atom stereocenters. The molecule has 0 bridgehead atoms. The Morgan fingerprint density at radius 1 is 1.25 bits per heavy atom. The fraction of sp³-hybridized carbons (Fsp3) is 0.692. The number of nitrogens with one attached hydrogen (secondary N) is 1. The molecule has 0 unspecified atom stereocenters. The lowest BCUT2D eigenvalue weighted by atomic mass is 9.83. The summed E-state index contributed by atoms with van der Waals surface area (Å²) < 4.78 is 37.7. The monoisotopic (exact) mass is 288 g/mol. The second-order valence-electron chi connectivity index (χ2n) is 5.51. The first-order valence-corrected chi connectivity index (χ1v) is 6.80. The Kier molecular flexibility index (Phi) is 4.35. The molecule has 7 heteroatoms. The summed E-state index contributed by atoms with van der Waals surface area (Å²) in [6, 6.07) is 1.33. The maximum atomic E-state index is 12.6. The minimum absolute atomic E-state index is 0.142. The summed E-state index contributed by atoms with van der Waals surface area (Å²) in [6.07, 6.45) is -0.0358. The lowest BCUT2D eigenvalue weighted by Crippen LogP contribution is -2.21. The summed E-state index contributed by atoms with van der Waals surface area (Å²) in [5, 5.41) is 2.95. The van der Waals surface area contributed by atoms with E-state index >= 15 is 0 Å². The van der Waals surface area contributed by atoms with Crippen LogP contribution in [0.4, 0.5) is 24.8 Å². The number of hydrogen-bond donors (Lipinski definition) is 2. The van der Waals surface area contributed by atoms with Gasteiger partial charge in [-0.2, -0.15) is 13.2 Å². The van der Waals surface area contributed by atoms with Gasteiger partial charge in [0.25, 0.3) is 0 Å². The van der Waals surface area contributed by atoms with E-state index in [4.69, 9.17) is 5.73 Å². The molecule has 0 radical (unpaired) electrons. The normalized spacial score (nSPS) is 23.6. The number of aromatic nitrogens is 2. The van der Waals surface area contributed by atoms with E-state index in [0.29, 0.717) is 12.5 Å². The van der Waals surface area contributed by atoms with E-state index in [-0.39, 0.29) is 11.6 Å². The summed E-state index contributed by atoms with van der Waals surface area (Å²) in [7, 11) is 0. The molecule has 0 saturated heterocycles. The summed E-state index contributed by atoms with van der Waals surface area (Å²) in [4.78, 5) is 6.69. The summed E-state index contributed by atoms with van der Waals surface area (Å²) in [6.45, 7) is 2.85. The zero-order chi connectivity index (χ0) is 14.8. The second-order valence-corrected chi connectivity index (χ2v) is 5.51. The Balaban J connectivity index is 1.97. The number of nitrogens with two attached hydrogens (primary N) is 1. The highest BCUT2D eigenvalue weighted by atomic mass is 19.4. The lowest BCUT2D eigenvalue weighted by Gasteiger charge is -2.26.